The van der Waals surface area contributed by atoms with Crippen molar-refractivity contribution in [2.75, 3.05) is 0 Å². The van der Waals surface area contributed by atoms with Crippen LogP contribution in [-0.4, -0.2) is 21.1 Å². The van der Waals surface area contributed by atoms with E-state index >= 15 is 0 Å². The summed E-state index contributed by atoms with van der Waals surface area (Å²) in [6.07, 6.45) is -5.91. The van der Waals surface area contributed by atoms with E-state index in [1.807, 2.05) is 0 Å². The molecule has 1 N–H and O–H groups in total. The number of hydrogen-bond donors (Lipinski definition) is 1. The molecule has 0 aromatic carbocycles. The van der Waals surface area contributed by atoms with Crippen molar-refractivity contribution in [1.82, 2.24) is 9.78 Å². The second-order valence-corrected chi connectivity index (χ2v) is 2.79. The van der Waals surface area contributed by atoms with Crippen LogP contribution in [0.5, 0.6) is 0 Å². The lowest BCUT2D eigenvalue weighted by Crippen LogP contribution is -2.20. The number of hydrogen-bond acceptors (Lipinski definition) is 2. The summed E-state index contributed by atoms with van der Waals surface area (Å²) in [5.41, 5.74) is -0.0117. The number of aliphatic hydroxyl groups is 1. The molecule has 0 radical (unpaired) electrons. The Morgan fingerprint density at radius 2 is 2.08 bits per heavy atom. The Bertz CT molecular complexity index is 305. The standard InChI is InChI=1S/C7H9F3N2O/c1-4-5(3-12(2)11-4)6(13)7(8,9)10/h3,6,13H,1-2H3. The molecule has 0 saturated heterocycles. The molecule has 0 aliphatic rings. The van der Waals surface area contributed by atoms with Crippen LogP contribution in [0.15, 0.2) is 6.20 Å². The Labute approximate surface area is 72.8 Å². The van der Waals surface area contributed by atoms with Crippen molar-refractivity contribution in [3.05, 3.63) is 17.5 Å². The van der Waals surface area contributed by atoms with E-state index in [2.05, 4.69) is 5.10 Å². The Hall–Kier alpha value is -1.04. The molecule has 1 aromatic rings. The van der Waals surface area contributed by atoms with Crippen molar-refractivity contribution in [3.8, 4) is 0 Å². The van der Waals surface area contributed by atoms with Gasteiger partial charge in [0.2, 0.25) is 0 Å². The summed E-state index contributed by atoms with van der Waals surface area (Å²) in [6.45, 7) is 1.42. The van der Waals surface area contributed by atoms with E-state index in [9.17, 15) is 13.2 Å². The summed E-state index contributed by atoms with van der Waals surface area (Å²) in [4.78, 5) is 0. The van der Waals surface area contributed by atoms with Gasteiger partial charge in [0.1, 0.15) is 0 Å². The number of halogens is 3. The summed E-state index contributed by atoms with van der Waals surface area (Å²) in [7, 11) is 1.50. The van der Waals surface area contributed by atoms with Gasteiger partial charge in [0, 0.05) is 18.8 Å². The monoisotopic (exact) mass is 194 g/mol. The highest BCUT2D eigenvalue weighted by Crippen LogP contribution is 2.33. The zero-order valence-corrected chi connectivity index (χ0v) is 7.13. The molecule has 0 aliphatic carbocycles. The highest BCUT2D eigenvalue weighted by atomic mass is 19.4. The predicted octanol–water partition coefficient (Wildman–Crippen LogP) is 1.32. The van der Waals surface area contributed by atoms with E-state index in [-0.39, 0.29) is 11.3 Å². The molecule has 0 amide bonds. The molecule has 0 fully saturated rings. The topological polar surface area (TPSA) is 38.0 Å². The van der Waals surface area contributed by atoms with Gasteiger partial charge in [0.05, 0.1) is 5.69 Å². The van der Waals surface area contributed by atoms with Crippen LogP contribution in [0.2, 0.25) is 0 Å². The van der Waals surface area contributed by atoms with E-state index in [0.29, 0.717) is 0 Å². The minimum absolute atomic E-state index is 0.187. The van der Waals surface area contributed by atoms with Crippen LogP contribution in [0.25, 0.3) is 0 Å². The lowest BCUT2D eigenvalue weighted by atomic mass is 10.1. The zero-order chi connectivity index (χ0) is 10.2. The van der Waals surface area contributed by atoms with Crippen LogP contribution in [0.3, 0.4) is 0 Å². The van der Waals surface area contributed by atoms with Gasteiger partial charge in [-0.05, 0) is 6.92 Å². The molecular formula is C7H9F3N2O. The molecule has 0 spiro atoms. The zero-order valence-electron chi connectivity index (χ0n) is 7.13. The largest absolute Gasteiger partial charge is 0.418 e. The Kier molecular flexibility index (Phi) is 2.34. The van der Waals surface area contributed by atoms with Crippen LogP contribution in [0.4, 0.5) is 13.2 Å². The van der Waals surface area contributed by atoms with Gasteiger partial charge in [0.15, 0.2) is 6.10 Å². The molecule has 1 aromatic heterocycles. The Morgan fingerprint density at radius 3 is 2.38 bits per heavy atom. The van der Waals surface area contributed by atoms with Crippen LogP contribution in [0.1, 0.15) is 17.4 Å². The van der Waals surface area contributed by atoms with Crippen LogP contribution in [0, 0.1) is 6.92 Å². The first-order chi connectivity index (χ1) is 5.82. The summed E-state index contributed by atoms with van der Waals surface area (Å²) in [5.74, 6) is 0. The lowest BCUT2D eigenvalue weighted by molar-refractivity contribution is -0.207. The molecular weight excluding hydrogens is 185 g/mol. The van der Waals surface area contributed by atoms with Crippen molar-refractivity contribution < 1.29 is 18.3 Å². The first kappa shape index (κ1) is 10.0. The average molecular weight is 194 g/mol. The number of aromatic nitrogens is 2. The fourth-order valence-corrected chi connectivity index (χ4v) is 1.06. The van der Waals surface area contributed by atoms with Gasteiger partial charge >= 0.3 is 6.18 Å². The van der Waals surface area contributed by atoms with Crippen molar-refractivity contribution >= 4 is 0 Å². The molecule has 0 aliphatic heterocycles. The minimum Gasteiger partial charge on any atom is -0.379 e. The number of aryl methyl sites for hydroxylation is 2. The molecule has 0 bridgehead atoms. The molecule has 1 unspecified atom stereocenters. The molecule has 13 heavy (non-hydrogen) atoms. The SMILES string of the molecule is Cc1nn(C)cc1C(O)C(F)(F)F. The van der Waals surface area contributed by atoms with Gasteiger partial charge < -0.3 is 5.11 Å². The number of rotatable bonds is 1. The summed E-state index contributed by atoms with van der Waals surface area (Å²) in [6, 6.07) is 0. The quantitative estimate of drug-likeness (QED) is 0.732. The summed E-state index contributed by atoms with van der Waals surface area (Å²) >= 11 is 0. The highest BCUT2D eigenvalue weighted by Gasteiger charge is 2.40. The third-order valence-corrected chi connectivity index (χ3v) is 1.66. The fourth-order valence-electron chi connectivity index (χ4n) is 1.06. The van der Waals surface area contributed by atoms with Gasteiger partial charge in [-0.2, -0.15) is 18.3 Å². The van der Waals surface area contributed by atoms with Crippen molar-refractivity contribution in [1.29, 1.82) is 0 Å². The Balaban J connectivity index is 3.01. The molecule has 0 saturated carbocycles. The first-order valence-corrected chi connectivity index (χ1v) is 3.57. The molecule has 3 nitrogen and oxygen atoms in total. The maximum Gasteiger partial charge on any atom is 0.418 e. The van der Waals surface area contributed by atoms with Crippen molar-refractivity contribution in [2.45, 2.75) is 19.2 Å². The third kappa shape index (κ3) is 2.00. The lowest BCUT2D eigenvalue weighted by Gasteiger charge is -2.12. The van der Waals surface area contributed by atoms with Gasteiger partial charge in [-0.3, -0.25) is 4.68 Å². The van der Waals surface area contributed by atoms with Gasteiger partial charge in [-0.1, -0.05) is 0 Å². The van der Waals surface area contributed by atoms with E-state index in [4.69, 9.17) is 5.11 Å². The van der Waals surface area contributed by atoms with Gasteiger partial charge in [0.25, 0.3) is 0 Å². The maximum atomic E-state index is 12.0. The third-order valence-electron chi connectivity index (χ3n) is 1.66. The number of nitrogens with zero attached hydrogens (tertiary/aromatic N) is 2. The average Bonchev–Trinajstić information content (AvgIpc) is 2.26. The van der Waals surface area contributed by atoms with E-state index in [0.717, 1.165) is 6.20 Å². The van der Waals surface area contributed by atoms with Crippen molar-refractivity contribution in [3.63, 3.8) is 0 Å². The molecule has 1 atom stereocenters. The second kappa shape index (κ2) is 3.02. The maximum absolute atomic E-state index is 12.0. The van der Waals surface area contributed by atoms with Crippen molar-refractivity contribution in [2.24, 2.45) is 7.05 Å². The molecule has 74 valence electrons. The highest BCUT2D eigenvalue weighted by molar-refractivity contribution is 5.19. The normalized spacial score (nSPS) is 14.6. The van der Waals surface area contributed by atoms with E-state index in [1.165, 1.54) is 18.7 Å². The smallest absolute Gasteiger partial charge is 0.379 e. The van der Waals surface area contributed by atoms with Crippen LogP contribution in [-0.2, 0) is 7.05 Å². The van der Waals surface area contributed by atoms with Crippen LogP contribution < -0.4 is 0 Å². The number of alkyl halides is 3. The first-order valence-electron chi connectivity index (χ1n) is 3.57. The second-order valence-electron chi connectivity index (χ2n) is 2.79. The van der Waals surface area contributed by atoms with E-state index in [1.54, 1.807) is 0 Å². The fraction of sp³-hybridized carbons (Fsp3) is 0.571. The molecule has 1 rings (SSSR count). The summed E-state index contributed by atoms with van der Waals surface area (Å²) < 4.78 is 37.3. The molecule has 1 heterocycles. The predicted molar refractivity (Wildman–Crippen MR) is 39.0 cm³/mol. The van der Waals surface area contributed by atoms with Gasteiger partial charge in [-0.25, -0.2) is 0 Å². The van der Waals surface area contributed by atoms with E-state index < -0.39 is 12.3 Å². The number of aliphatic hydroxyl groups excluding tert-OH is 1. The van der Waals surface area contributed by atoms with Gasteiger partial charge in [-0.15, -0.1) is 0 Å². The van der Waals surface area contributed by atoms with Crippen LogP contribution >= 0.6 is 0 Å². The Morgan fingerprint density at radius 1 is 1.54 bits per heavy atom. The molecule has 6 heteroatoms. The minimum atomic E-state index is -4.63. The summed E-state index contributed by atoms with van der Waals surface area (Å²) in [5, 5.41) is 12.6.